The van der Waals surface area contributed by atoms with Gasteiger partial charge in [0.05, 0.1) is 12.4 Å². The molecule has 0 bridgehead atoms. The summed E-state index contributed by atoms with van der Waals surface area (Å²) >= 11 is 0. The number of furan rings is 1. The molecule has 5 heteroatoms. The Kier molecular flexibility index (Phi) is 6.42. The SMILES string of the molecule is CCC(CC)C(O)CNC(=O)NCc1ccoc1C. The number of aryl methyl sites for hydroxylation is 1. The molecule has 2 amide bonds. The highest BCUT2D eigenvalue weighted by molar-refractivity contribution is 5.73. The van der Waals surface area contributed by atoms with E-state index in [4.69, 9.17) is 4.42 Å². The van der Waals surface area contributed by atoms with Crippen LogP contribution in [0.3, 0.4) is 0 Å². The lowest BCUT2D eigenvalue weighted by Crippen LogP contribution is -2.41. The van der Waals surface area contributed by atoms with Crippen LogP contribution in [0, 0.1) is 12.8 Å². The van der Waals surface area contributed by atoms with Crippen molar-refractivity contribution in [1.29, 1.82) is 0 Å². The van der Waals surface area contributed by atoms with E-state index in [2.05, 4.69) is 10.6 Å². The fraction of sp³-hybridized carbons (Fsp3) is 0.643. The van der Waals surface area contributed by atoms with E-state index in [1.165, 1.54) is 0 Å². The molecule has 3 N–H and O–H groups in total. The third-order valence-electron chi connectivity index (χ3n) is 3.47. The molecule has 0 aliphatic carbocycles. The van der Waals surface area contributed by atoms with Gasteiger partial charge in [-0.3, -0.25) is 0 Å². The van der Waals surface area contributed by atoms with Crippen LogP contribution in [0.1, 0.15) is 38.0 Å². The predicted molar refractivity (Wildman–Crippen MR) is 73.8 cm³/mol. The van der Waals surface area contributed by atoms with Gasteiger partial charge in [0.25, 0.3) is 0 Å². The Morgan fingerprint density at radius 3 is 2.58 bits per heavy atom. The molecule has 0 fully saturated rings. The molecule has 108 valence electrons. The average Bonchev–Trinajstić information content (AvgIpc) is 2.81. The van der Waals surface area contributed by atoms with Crippen molar-refractivity contribution < 1.29 is 14.3 Å². The van der Waals surface area contributed by atoms with Gasteiger partial charge in [-0.15, -0.1) is 0 Å². The van der Waals surface area contributed by atoms with Gasteiger partial charge in [-0.2, -0.15) is 0 Å². The second-order valence-corrected chi connectivity index (χ2v) is 4.71. The summed E-state index contributed by atoms with van der Waals surface area (Å²) in [5, 5.41) is 15.3. The van der Waals surface area contributed by atoms with Gasteiger partial charge in [-0.1, -0.05) is 26.7 Å². The maximum Gasteiger partial charge on any atom is 0.315 e. The lowest BCUT2D eigenvalue weighted by Gasteiger charge is -2.20. The van der Waals surface area contributed by atoms with Gasteiger partial charge < -0.3 is 20.2 Å². The first kappa shape index (κ1) is 15.6. The number of carbonyl (C=O) groups is 1. The topological polar surface area (TPSA) is 74.5 Å². The fourth-order valence-electron chi connectivity index (χ4n) is 2.03. The van der Waals surface area contributed by atoms with Crippen LogP contribution in [0.2, 0.25) is 0 Å². The summed E-state index contributed by atoms with van der Waals surface area (Å²) in [6.45, 7) is 6.64. The highest BCUT2D eigenvalue weighted by Crippen LogP contribution is 2.12. The van der Waals surface area contributed by atoms with Crippen molar-refractivity contribution in [3.8, 4) is 0 Å². The maximum absolute atomic E-state index is 11.6. The Morgan fingerprint density at radius 2 is 2.05 bits per heavy atom. The number of amides is 2. The first-order chi connectivity index (χ1) is 9.08. The van der Waals surface area contributed by atoms with Crippen LogP contribution in [-0.4, -0.2) is 23.8 Å². The standard InChI is InChI=1S/C14H24N2O3/c1-4-11(5-2)13(17)9-16-14(18)15-8-12-6-7-19-10(12)3/h6-7,11,13,17H,4-5,8-9H2,1-3H3,(H2,15,16,18). The van der Waals surface area contributed by atoms with Crippen molar-refractivity contribution in [3.05, 3.63) is 23.7 Å². The summed E-state index contributed by atoms with van der Waals surface area (Å²) in [6.07, 6.45) is 2.93. The van der Waals surface area contributed by atoms with Gasteiger partial charge >= 0.3 is 6.03 Å². The predicted octanol–water partition coefficient (Wildman–Crippen LogP) is 2.18. The molecule has 1 aromatic heterocycles. The van der Waals surface area contributed by atoms with Gasteiger partial charge in [-0.25, -0.2) is 4.79 Å². The molecule has 1 heterocycles. The van der Waals surface area contributed by atoms with Crippen LogP contribution in [-0.2, 0) is 6.54 Å². The van der Waals surface area contributed by atoms with E-state index < -0.39 is 6.10 Å². The summed E-state index contributed by atoms with van der Waals surface area (Å²) < 4.78 is 5.14. The normalized spacial score (nSPS) is 12.5. The Balaban J connectivity index is 2.26. The highest BCUT2D eigenvalue weighted by Gasteiger charge is 2.16. The van der Waals surface area contributed by atoms with Crippen LogP contribution in [0.25, 0.3) is 0 Å². The van der Waals surface area contributed by atoms with E-state index >= 15 is 0 Å². The molecule has 1 atom stereocenters. The Morgan fingerprint density at radius 1 is 1.37 bits per heavy atom. The summed E-state index contributed by atoms with van der Waals surface area (Å²) in [5.41, 5.74) is 0.954. The second-order valence-electron chi connectivity index (χ2n) is 4.71. The largest absolute Gasteiger partial charge is 0.469 e. The van der Waals surface area contributed by atoms with Crippen molar-refractivity contribution >= 4 is 6.03 Å². The van der Waals surface area contributed by atoms with Gasteiger partial charge in [0.15, 0.2) is 0 Å². The molecule has 0 aliphatic rings. The number of carbonyl (C=O) groups excluding carboxylic acids is 1. The van der Waals surface area contributed by atoms with Crippen LogP contribution >= 0.6 is 0 Å². The lowest BCUT2D eigenvalue weighted by molar-refractivity contribution is 0.103. The Bertz CT molecular complexity index is 386. The zero-order valence-electron chi connectivity index (χ0n) is 11.9. The average molecular weight is 268 g/mol. The van der Waals surface area contributed by atoms with E-state index in [1.54, 1.807) is 6.26 Å². The summed E-state index contributed by atoms with van der Waals surface area (Å²) in [4.78, 5) is 11.6. The molecule has 1 unspecified atom stereocenters. The summed E-state index contributed by atoms with van der Waals surface area (Å²) in [6, 6.07) is 1.56. The quantitative estimate of drug-likeness (QED) is 0.709. The molecule has 0 saturated heterocycles. The minimum atomic E-state index is -0.489. The fourth-order valence-corrected chi connectivity index (χ4v) is 2.03. The molecular weight excluding hydrogens is 244 g/mol. The first-order valence-corrected chi connectivity index (χ1v) is 6.81. The van der Waals surface area contributed by atoms with Crippen LogP contribution in [0.5, 0.6) is 0 Å². The Hall–Kier alpha value is -1.49. The molecule has 0 aromatic carbocycles. The minimum absolute atomic E-state index is 0.233. The molecule has 0 saturated carbocycles. The number of hydrogen-bond donors (Lipinski definition) is 3. The maximum atomic E-state index is 11.6. The zero-order chi connectivity index (χ0) is 14.3. The monoisotopic (exact) mass is 268 g/mol. The third kappa shape index (κ3) is 4.95. The van der Waals surface area contributed by atoms with Gasteiger partial charge in [-0.05, 0) is 18.9 Å². The summed E-state index contributed by atoms with van der Waals surface area (Å²) in [5.74, 6) is 1.04. The van der Waals surface area contributed by atoms with E-state index in [-0.39, 0.29) is 18.5 Å². The second kappa shape index (κ2) is 7.84. The van der Waals surface area contributed by atoms with Gasteiger partial charge in [0.1, 0.15) is 5.76 Å². The molecule has 0 radical (unpaired) electrons. The van der Waals surface area contributed by atoms with E-state index in [0.717, 1.165) is 24.2 Å². The Labute approximate surface area is 114 Å². The lowest BCUT2D eigenvalue weighted by atomic mass is 9.97. The number of aliphatic hydroxyl groups excluding tert-OH is 1. The molecular formula is C14H24N2O3. The number of aliphatic hydroxyl groups is 1. The number of urea groups is 1. The van der Waals surface area contributed by atoms with Crippen molar-refractivity contribution in [2.24, 2.45) is 5.92 Å². The molecule has 0 aliphatic heterocycles. The third-order valence-corrected chi connectivity index (χ3v) is 3.47. The molecule has 5 nitrogen and oxygen atoms in total. The number of nitrogens with one attached hydrogen (secondary N) is 2. The van der Waals surface area contributed by atoms with Crippen molar-refractivity contribution in [1.82, 2.24) is 10.6 Å². The minimum Gasteiger partial charge on any atom is -0.469 e. The van der Waals surface area contributed by atoms with Crippen LogP contribution in [0.4, 0.5) is 4.79 Å². The zero-order valence-corrected chi connectivity index (χ0v) is 11.9. The molecule has 1 rings (SSSR count). The van der Waals surface area contributed by atoms with E-state index in [9.17, 15) is 9.90 Å². The smallest absolute Gasteiger partial charge is 0.315 e. The number of hydrogen-bond acceptors (Lipinski definition) is 3. The van der Waals surface area contributed by atoms with Crippen molar-refractivity contribution in [2.75, 3.05) is 6.54 Å². The first-order valence-electron chi connectivity index (χ1n) is 6.81. The molecule has 19 heavy (non-hydrogen) atoms. The number of rotatable bonds is 7. The van der Waals surface area contributed by atoms with Crippen LogP contribution in [0.15, 0.2) is 16.7 Å². The highest BCUT2D eigenvalue weighted by atomic mass is 16.3. The summed E-state index contributed by atoms with van der Waals surface area (Å²) in [7, 11) is 0. The van der Waals surface area contributed by atoms with Crippen molar-refractivity contribution in [2.45, 2.75) is 46.3 Å². The van der Waals surface area contributed by atoms with E-state index in [1.807, 2.05) is 26.8 Å². The molecule has 1 aromatic rings. The van der Waals surface area contributed by atoms with Gasteiger partial charge in [0, 0.05) is 18.7 Å². The molecule has 0 spiro atoms. The van der Waals surface area contributed by atoms with Crippen molar-refractivity contribution in [3.63, 3.8) is 0 Å². The van der Waals surface area contributed by atoms with E-state index in [0.29, 0.717) is 6.54 Å². The van der Waals surface area contributed by atoms with Gasteiger partial charge in [0.2, 0.25) is 0 Å². The van der Waals surface area contributed by atoms with Crippen LogP contribution < -0.4 is 10.6 Å².